The lowest BCUT2D eigenvalue weighted by Crippen LogP contribution is -2.12. The summed E-state index contributed by atoms with van der Waals surface area (Å²) in [4.78, 5) is 26.3. The number of anilines is 2. The van der Waals surface area contributed by atoms with Gasteiger partial charge in [-0.05, 0) is 36.4 Å². The molecule has 0 heterocycles. The third kappa shape index (κ3) is 6.31. The van der Waals surface area contributed by atoms with E-state index in [0.717, 1.165) is 0 Å². The molecular weight excluding hydrogens is 378 g/mol. The zero-order valence-electron chi connectivity index (χ0n) is 12.4. The van der Waals surface area contributed by atoms with Gasteiger partial charge in [0.25, 0.3) is 5.91 Å². The molecule has 0 atom stereocenters. The van der Waals surface area contributed by atoms with Crippen molar-refractivity contribution in [2.75, 3.05) is 18.2 Å². The van der Waals surface area contributed by atoms with E-state index < -0.39 is 8.25 Å². The average Bonchev–Trinajstić information content (AvgIpc) is 2.50. The minimum absolute atomic E-state index is 0.294. The first-order valence-electron chi connectivity index (χ1n) is 6.29. The predicted molar refractivity (Wildman–Crippen MR) is 93.9 cm³/mol. The highest BCUT2D eigenvalue weighted by Crippen LogP contribution is 2.26. The van der Waals surface area contributed by atoms with Crippen molar-refractivity contribution in [3.63, 3.8) is 0 Å². The molecule has 5 N–H and O–H groups in total. The Bertz CT molecular complexity index is 754. The Balaban J connectivity index is 0.000000648. The molecule has 0 bridgehead atoms. The largest absolute Gasteiger partial charge is 0.692 e. The van der Waals surface area contributed by atoms with Gasteiger partial charge in [0, 0.05) is 15.8 Å². The molecule has 0 fully saturated rings. The lowest BCUT2D eigenvalue weighted by atomic mass is 10.1. The molecule has 0 aromatic heterocycles. The molecule has 1 amide bonds. The minimum atomic E-state index is -2.87. The fourth-order valence-electron chi connectivity index (χ4n) is 1.65. The lowest BCUT2D eigenvalue weighted by Gasteiger charge is -2.09. The molecule has 0 saturated carbocycles. The van der Waals surface area contributed by atoms with E-state index in [1.807, 2.05) is 0 Å². The molecule has 7 nitrogen and oxygen atoms in total. The van der Waals surface area contributed by atoms with Crippen LogP contribution in [0, 0.1) is 0 Å². The number of carbonyl (C=O) groups excluding carboxylic acids is 1. The van der Waals surface area contributed by atoms with E-state index in [1.54, 1.807) is 36.4 Å². The van der Waals surface area contributed by atoms with Crippen LogP contribution in [-0.4, -0.2) is 22.8 Å². The third-order valence-electron chi connectivity index (χ3n) is 2.67. The Morgan fingerprint density at radius 3 is 2.29 bits per heavy atom. The molecule has 2 aromatic rings. The summed E-state index contributed by atoms with van der Waals surface area (Å²) in [7, 11) is -1.36. The number of hydrogen-bond acceptors (Lipinski definition) is 4. The Hall–Kier alpha value is -1.89. The van der Waals surface area contributed by atoms with Gasteiger partial charge in [-0.2, -0.15) is 0 Å². The number of nitrogens with two attached hydrogens (primary N) is 1. The summed E-state index contributed by atoms with van der Waals surface area (Å²) in [6.45, 7) is 0. The Labute approximate surface area is 148 Å². The number of amides is 1. The molecule has 0 aliphatic carbocycles. The van der Waals surface area contributed by atoms with Crippen LogP contribution < -0.4 is 15.8 Å². The minimum Gasteiger partial charge on any atom is -0.495 e. The molecule has 0 aliphatic heterocycles. The molecule has 0 saturated heterocycles. The van der Waals surface area contributed by atoms with E-state index in [4.69, 9.17) is 48.0 Å². The van der Waals surface area contributed by atoms with Crippen LogP contribution in [-0.2, 0) is 4.57 Å². The zero-order valence-corrected chi connectivity index (χ0v) is 14.8. The molecular formula is C14H14Cl2N2O5P+. The van der Waals surface area contributed by atoms with E-state index in [2.05, 4.69) is 5.32 Å². The first-order valence-corrected chi connectivity index (χ1v) is 8.21. The van der Waals surface area contributed by atoms with Gasteiger partial charge in [0.05, 0.1) is 22.8 Å². The van der Waals surface area contributed by atoms with Crippen LogP contribution in [0.25, 0.3) is 0 Å². The second-order valence-corrected chi connectivity index (χ2v) is 5.61. The number of rotatable bonds is 3. The molecule has 0 unspecified atom stereocenters. The van der Waals surface area contributed by atoms with Crippen LogP contribution in [0.1, 0.15) is 10.4 Å². The summed E-state index contributed by atoms with van der Waals surface area (Å²) in [5.74, 6) is 0.230. The summed E-state index contributed by atoms with van der Waals surface area (Å²) in [5, 5.41) is 3.52. The van der Waals surface area contributed by atoms with E-state index in [0.29, 0.717) is 32.7 Å². The van der Waals surface area contributed by atoms with Crippen molar-refractivity contribution < 1.29 is 23.9 Å². The number of ether oxygens (including phenoxy) is 1. The van der Waals surface area contributed by atoms with Gasteiger partial charge in [-0.15, -0.1) is 9.79 Å². The highest BCUT2D eigenvalue weighted by Gasteiger charge is 2.09. The Morgan fingerprint density at radius 1 is 1.17 bits per heavy atom. The molecule has 0 spiro atoms. The maximum absolute atomic E-state index is 12.1. The Morgan fingerprint density at radius 2 is 1.79 bits per heavy atom. The van der Waals surface area contributed by atoms with Crippen molar-refractivity contribution in [2.24, 2.45) is 0 Å². The van der Waals surface area contributed by atoms with Crippen LogP contribution in [0.4, 0.5) is 11.4 Å². The van der Waals surface area contributed by atoms with Crippen LogP contribution in [0.5, 0.6) is 5.75 Å². The van der Waals surface area contributed by atoms with Gasteiger partial charge in [-0.25, -0.2) is 0 Å². The number of carbonyl (C=O) groups is 1. The summed E-state index contributed by atoms with van der Waals surface area (Å²) >= 11 is 11.7. The quantitative estimate of drug-likeness (QED) is 0.469. The average molecular weight is 392 g/mol. The van der Waals surface area contributed by atoms with Crippen molar-refractivity contribution in [2.45, 2.75) is 0 Å². The van der Waals surface area contributed by atoms with Crippen LogP contribution in [0.2, 0.25) is 10.0 Å². The molecule has 128 valence electrons. The van der Waals surface area contributed by atoms with Gasteiger partial charge in [0.1, 0.15) is 5.75 Å². The molecule has 0 radical (unpaired) electrons. The first-order chi connectivity index (χ1) is 11.2. The highest BCUT2D eigenvalue weighted by atomic mass is 35.5. The zero-order chi connectivity index (χ0) is 18.3. The topological polar surface area (TPSA) is 122 Å². The summed E-state index contributed by atoms with van der Waals surface area (Å²) in [5.41, 5.74) is 7.14. The normalized spacial score (nSPS) is 9.54. The second kappa shape index (κ2) is 9.42. The van der Waals surface area contributed by atoms with Crippen molar-refractivity contribution in [1.82, 2.24) is 0 Å². The van der Waals surface area contributed by atoms with E-state index in [-0.39, 0.29) is 5.91 Å². The molecule has 10 heteroatoms. The summed E-state index contributed by atoms with van der Waals surface area (Å²) < 4.78 is 13.7. The van der Waals surface area contributed by atoms with Crippen molar-refractivity contribution >= 4 is 48.7 Å². The highest BCUT2D eigenvalue weighted by molar-refractivity contribution is 7.30. The first kappa shape index (κ1) is 20.2. The van der Waals surface area contributed by atoms with Crippen LogP contribution >= 0.6 is 31.5 Å². The second-order valence-electron chi connectivity index (χ2n) is 4.29. The predicted octanol–water partition coefficient (Wildman–Crippen LogP) is 3.46. The molecule has 2 rings (SSSR count). The van der Waals surface area contributed by atoms with Gasteiger partial charge in [-0.1, -0.05) is 23.2 Å². The van der Waals surface area contributed by atoms with Gasteiger partial charge >= 0.3 is 8.25 Å². The number of methoxy groups -OCH3 is 1. The van der Waals surface area contributed by atoms with Crippen molar-refractivity contribution in [3.05, 3.63) is 52.0 Å². The smallest absolute Gasteiger partial charge is 0.495 e. The standard InChI is InChI=1S/C14H12Cl2N2O2.HO3P/c1-20-13-5-2-8(6-12(13)17)14(19)18-9-3-4-10(15)11(16)7-9;1-4(2)3/h2-7H,17H2,1H3,(H,18,19);(H-,1,2,3)/p+1. The Kier molecular flexibility index (Phi) is 7.91. The van der Waals surface area contributed by atoms with Gasteiger partial charge < -0.3 is 15.8 Å². The number of nitrogen functional groups attached to an aromatic ring is 1. The summed E-state index contributed by atoms with van der Waals surface area (Å²) in [6.07, 6.45) is 0. The van der Waals surface area contributed by atoms with Crippen molar-refractivity contribution in [1.29, 1.82) is 0 Å². The number of benzene rings is 2. The van der Waals surface area contributed by atoms with Gasteiger partial charge in [0.15, 0.2) is 0 Å². The number of hydrogen-bond donors (Lipinski definition) is 4. The van der Waals surface area contributed by atoms with E-state index in [9.17, 15) is 4.79 Å². The van der Waals surface area contributed by atoms with Crippen LogP contribution in [0.15, 0.2) is 36.4 Å². The third-order valence-corrected chi connectivity index (χ3v) is 3.41. The van der Waals surface area contributed by atoms with E-state index >= 15 is 0 Å². The fraction of sp³-hybridized carbons (Fsp3) is 0.0714. The SMILES string of the molecule is COc1ccc(C(=O)Nc2ccc(Cl)c(Cl)c2)cc1N.O=[P+](O)O. The summed E-state index contributed by atoms with van der Waals surface area (Å²) in [6, 6.07) is 9.67. The number of halogens is 2. The van der Waals surface area contributed by atoms with Gasteiger partial charge in [-0.3, -0.25) is 4.79 Å². The molecule has 24 heavy (non-hydrogen) atoms. The fourth-order valence-corrected chi connectivity index (χ4v) is 1.95. The van der Waals surface area contributed by atoms with Crippen LogP contribution in [0.3, 0.4) is 0 Å². The molecule has 2 aromatic carbocycles. The van der Waals surface area contributed by atoms with E-state index in [1.165, 1.54) is 7.11 Å². The lowest BCUT2D eigenvalue weighted by molar-refractivity contribution is 0.102. The maximum atomic E-state index is 12.1. The maximum Gasteiger partial charge on any atom is 0.692 e. The van der Waals surface area contributed by atoms with Crippen molar-refractivity contribution in [3.8, 4) is 5.75 Å². The molecule has 0 aliphatic rings. The monoisotopic (exact) mass is 391 g/mol. The van der Waals surface area contributed by atoms with Gasteiger partial charge in [0.2, 0.25) is 0 Å². The number of nitrogens with one attached hydrogen (secondary N) is 1.